The summed E-state index contributed by atoms with van der Waals surface area (Å²) in [5, 5.41) is 12.6. The maximum atomic E-state index is 14.6. The average molecular weight is 371 g/mol. The number of fused-ring (bicyclic) bond motifs is 1. The van der Waals surface area contributed by atoms with Gasteiger partial charge in [0.2, 0.25) is 5.43 Å². The van der Waals surface area contributed by atoms with Crippen LogP contribution in [0.2, 0.25) is 0 Å². The molecule has 4 rings (SSSR count). The van der Waals surface area contributed by atoms with E-state index in [0.29, 0.717) is 24.3 Å². The van der Waals surface area contributed by atoms with Crippen LogP contribution in [0.5, 0.6) is 0 Å². The van der Waals surface area contributed by atoms with Crippen molar-refractivity contribution in [3.8, 4) is 0 Å². The smallest absolute Gasteiger partial charge is 1.00 e. The van der Waals surface area contributed by atoms with Gasteiger partial charge in [-0.3, -0.25) is 4.79 Å². The normalized spacial score (nSPS) is 17.4. The minimum absolute atomic E-state index is 0. The molecular formula is C17H19FKN3O3. The second kappa shape index (κ2) is 7.46. The number of carboxylic acids is 1. The molecule has 1 aliphatic heterocycles. The van der Waals surface area contributed by atoms with Gasteiger partial charge in [-0.1, -0.05) is 0 Å². The predicted octanol–water partition coefficient (Wildman–Crippen LogP) is -1.30. The molecular weight excluding hydrogens is 352 g/mol. The van der Waals surface area contributed by atoms with Crippen molar-refractivity contribution in [2.45, 2.75) is 18.9 Å². The van der Waals surface area contributed by atoms with E-state index in [2.05, 4.69) is 5.32 Å². The molecule has 0 atom stereocenters. The molecule has 2 N–H and O–H groups in total. The van der Waals surface area contributed by atoms with Crippen LogP contribution in [0.1, 0.15) is 30.7 Å². The van der Waals surface area contributed by atoms with Gasteiger partial charge >= 0.3 is 57.4 Å². The summed E-state index contributed by atoms with van der Waals surface area (Å²) < 4.78 is 16.4. The first kappa shape index (κ1) is 19.0. The summed E-state index contributed by atoms with van der Waals surface area (Å²) in [6.07, 6.45) is 3.29. The van der Waals surface area contributed by atoms with Gasteiger partial charge in [0.25, 0.3) is 0 Å². The number of pyridine rings is 1. The van der Waals surface area contributed by atoms with Crippen molar-refractivity contribution in [3.63, 3.8) is 0 Å². The van der Waals surface area contributed by atoms with Crippen LogP contribution in [0, 0.1) is 5.82 Å². The van der Waals surface area contributed by atoms with Crippen LogP contribution in [0.25, 0.3) is 10.9 Å². The van der Waals surface area contributed by atoms with E-state index in [0.717, 1.165) is 25.9 Å². The summed E-state index contributed by atoms with van der Waals surface area (Å²) in [5.74, 6) is -1.76. The first-order valence-electron chi connectivity index (χ1n) is 8.13. The Bertz CT molecular complexity index is 895. The van der Waals surface area contributed by atoms with Crippen LogP contribution >= 0.6 is 0 Å². The number of rotatable bonds is 3. The van der Waals surface area contributed by atoms with Crippen LogP contribution in [0.4, 0.5) is 10.1 Å². The second-order valence-electron chi connectivity index (χ2n) is 6.37. The molecule has 0 radical (unpaired) electrons. The molecule has 2 aliphatic rings. The molecule has 2 aromatic rings. The molecule has 1 aromatic heterocycles. The van der Waals surface area contributed by atoms with E-state index in [1.165, 1.54) is 12.3 Å². The van der Waals surface area contributed by atoms with Gasteiger partial charge in [0.05, 0.1) is 11.2 Å². The molecule has 2 heterocycles. The molecule has 2 fully saturated rings. The topological polar surface area (TPSA) is 74.6 Å². The van der Waals surface area contributed by atoms with Crippen LogP contribution in [-0.2, 0) is 0 Å². The molecule has 6 nitrogen and oxygen atoms in total. The molecule has 1 saturated heterocycles. The fourth-order valence-electron chi connectivity index (χ4n) is 3.31. The summed E-state index contributed by atoms with van der Waals surface area (Å²) in [6.45, 7) is 2.96. The zero-order valence-electron chi connectivity index (χ0n) is 15.1. The Morgan fingerprint density at radius 3 is 2.56 bits per heavy atom. The van der Waals surface area contributed by atoms with Crippen LogP contribution in [0.15, 0.2) is 23.1 Å². The number of aromatic nitrogens is 1. The number of aromatic carboxylic acids is 1. The van der Waals surface area contributed by atoms with Crippen LogP contribution in [0.3, 0.4) is 0 Å². The minimum atomic E-state index is -1.28. The van der Waals surface area contributed by atoms with E-state index in [-0.39, 0.29) is 69.8 Å². The summed E-state index contributed by atoms with van der Waals surface area (Å²) in [4.78, 5) is 25.7. The predicted molar refractivity (Wildman–Crippen MR) is 89.6 cm³/mol. The largest absolute Gasteiger partial charge is 1.00 e. The molecule has 1 aliphatic carbocycles. The van der Waals surface area contributed by atoms with Gasteiger partial charge in [-0.05, 0) is 25.0 Å². The molecule has 0 bridgehead atoms. The number of carbonyl (C=O) groups is 1. The average Bonchev–Trinajstić information content (AvgIpc) is 3.40. The van der Waals surface area contributed by atoms with Gasteiger partial charge in [-0.2, -0.15) is 0 Å². The van der Waals surface area contributed by atoms with Gasteiger partial charge in [0, 0.05) is 43.8 Å². The molecule has 0 amide bonds. The first-order valence-corrected chi connectivity index (χ1v) is 8.13. The van der Waals surface area contributed by atoms with Crippen molar-refractivity contribution in [1.29, 1.82) is 0 Å². The minimum Gasteiger partial charge on any atom is -1.00 e. The molecule has 25 heavy (non-hydrogen) atoms. The summed E-state index contributed by atoms with van der Waals surface area (Å²) >= 11 is 0. The monoisotopic (exact) mass is 371 g/mol. The second-order valence-corrected chi connectivity index (χ2v) is 6.37. The quantitative estimate of drug-likeness (QED) is 0.656. The number of nitrogens with one attached hydrogen (secondary N) is 1. The number of halogens is 1. The molecule has 8 heteroatoms. The molecule has 128 valence electrons. The number of hydrogen-bond donors (Lipinski definition) is 2. The number of piperazine rings is 1. The van der Waals surface area contributed by atoms with Gasteiger partial charge < -0.3 is 21.3 Å². The van der Waals surface area contributed by atoms with Gasteiger partial charge in [0.15, 0.2) is 0 Å². The van der Waals surface area contributed by atoms with Gasteiger partial charge in [0.1, 0.15) is 11.4 Å². The summed E-state index contributed by atoms with van der Waals surface area (Å²) in [7, 11) is 0. The Labute approximate surface area is 187 Å². The fourth-order valence-corrected chi connectivity index (χ4v) is 3.31. The zero-order valence-corrected chi connectivity index (χ0v) is 17.2. The van der Waals surface area contributed by atoms with E-state index < -0.39 is 17.2 Å². The number of anilines is 1. The molecule has 1 saturated carbocycles. The van der Waals surface area contributed by atoms with Crippen molar-refractivity contribution < 1.29 is 67.1 Å². The van der Waals surface area contributed by atoms with Crippen molar-refractivity contribution in [3.05, 3.63) is 39.9 Å². The number of nitrogens with zero attached hydrogens (tertiary/aromatic N) is 2. The van der Waals surface area contributed by atoms with Crippen LogP contribution < -0.4 is 67.0 Å². The maximum absolute atomic E-state index is 14.6. The van der Waals surface area contributed by atoms with Crippen LogP contribution in [-0.4, -0.2) is 41.8 Å². The third-order valence-electron chi connectivity index (χ3n) is 4.73. The Morgan fingerprint density at radius 2 is 1.96 bits per heavy atom. The summed E-state index contributed by atoms with van der Waals surface area (Å²) in [6, 6.07) is 3.08. The fraction of sp³-hybridized carbons (Fsp3) is 0.412. The van der Waals surface area contributed by atoms with E-state index in [4.69, 9.17) is 0 Å². The first-order chi connectivity index (χ1) is 11.6. The third-order valence-corrected chi connectivity index (χ3v) is 4.73. The van der Waals surface area contributed by atoms with Gasteiger partial charge in [-0.15, -0.1) is 0 Å². The standard InChI is InChI=1S/C17H18FN3O3.K.H/c18-13-7-11-14(8-15(13)20-5-3-19-4-6-20)21(10-1-2-10)9-12(16(11)22)17(23)24;;/h7-10,19H,1-6H2,(H,23,24);;/q;+1;-1. The van der Waals surface area contributed by atoms with Crippen molar-refractivity contribution in [2.75, 3.05) is 31.1 Å². The Hall–Kier alpha value is -0.774. The van der Waals surface area contributed by atoms with E-state index in [9.17, 15) is 19.1 Å². The summed E-state index contributed by atoms with van der Waals surface area (Å²) in [5.41, 5.74) is 0.159. The number of hydrogen-bond acceptors (Lipinski definition) is 4. The third kappa shape index (κ3) is 3.56. The van der Waals surface area contributed by atoms with E-state index in [1.807, 2.05) is 9.47 Å². The van der Waals surface area contributed by atoms with Crippen molar-refractivity contribution >= 4 is 22.6 Å². The van der Waals surface area contributed by atoms with Crippen molar-refractivity contribution in [1.82, 2.24) is 9.88 Å². The van der Waals surface area contributed by atoms with E-state index in [1.54, 1.807) is 6.07 Å². The number of benzene rings is 1. The SMILES string of the molecule is O=C(O)c1cn(C2CC2)c2cc(N3CCNCC3)c(F)cc2c1=O.[H-].[K+]. The molecule has 0 spiro atoms. The van der Waals surface area contributed by atoms with E-state index >= 15 is 0 Å². The number of carboxylic acid groups (broad SMARTS) is 1. The van der Waals surface area contributed by atoms with Gasteiger partial charge in [-0.25, -0.2) is 9.18 Å². The Morgan fingerprint density at radius 1 is 1.28 bits per heavy atom. The molecule has 1 aromatic carbocycles. The zero-order chi connectivity index (χ0) is 16.8. The Balaban J connectivity index is 0.00000121. The maximum Gasteiger partial charge on any atom is 1.00 e. The molecule has 0 unspecified atom stereocenters. The Kier molecular flexibility index (Phi) is 5.67. The van der Waals surface area contributed by atoms with Crippen molar-refractivity contribution in [2.24, 2.45) is 0 Å².